The van der Waals surface area contributed by atoms with E-state index in [1.165, 1.54) is 21.8 Å². The Bertz CT molecular complexity index is 3320. The second-order valence-corrected chi connectivity index (χ2v) is 14.8. The Balaban J connectivity index is 0.937. The third-order valence-corrected chi connectivity index (χ3v) is 11.5. The Hall–Kier alpha value is -7.41. The maximum absolute atomic E-state index is 6.59. The molecule has 4 heterocycles. The van der Waals surface area contributed by atoms with Crippen molar-refractivity contribution in [3.8, 4) is 16.8 Å². The van der Waals surface area contributed by atoms with Crippen LogP contribution in [0.25, 0.3) is 82.5 Å². The summed E-state index contributed by atoms with van der Waals surface area (Å²) < 4.78 is 15.5. The van der Waals surface area contributed by atoms with Crippen LogP contribution in [0.5, 0.6) is 0 Å². The fourth-order valence-corrected chi connectivity index (χ4v) is 8.82. The Morgan fingerprint density at radius 2 is 1.11 bits per heavy atom. The molecule has 1 aliphatic rings. The quantitative estimate of drug-likeness (QED) is 0.185. The molecule has 6 nitrogen and oxygen atoms in total. The second kappa shape index (κ2) is 12.6. The van der Waals surface area contributed by atoms with Gasteiger partial charge in [-0.3, -0.25) is 5.32 Å². The molecule has 0 amide bonds. The van der Waals surface area contributed by atoms with E-state index in [0.717, 1.165) is 83.2 Å². The number of nitrogens with zero attached hydrogens (tertiary/aromatic N) is 2. The van der Waals surface area contributed by atoms with E-state index in [1.54, 1.807) is 0 Å². The van der Waals surface area contributed by atoms with Gasteiger partial charge in [0.25, 0.3) is 0 Å². The summed E-state index contributed by atoms with van der Waals surface area (Å²) in [6.07, 6.45) is -0.325. The number of amidine groups is 1. The van der Waals surface area contributed by atoms with E-state index in [0.29, 0.717) is 0 Å². The fourth-order valence-electron chi connectivity index (χ4n) is 8.82. The van der Waals surface area contributed by atoms with Gasteiger partial charge < -0.3 is 18.7 Å². The number of hydrogen-bond acceptors (Lipinski definition) is 5. The first kappa shape index (κ1) is 31.9. The van der Waals surface area contributed by atoms with Gasteiger partial charge in [-0.15, -0.1) is 0 Å². The summed E-state index contributed by atoms with van der Waals surface area (Å²) in [5.74, 6) is 0.815. The van der Waals surface area contributed by atoms with Gasteiger partial charge in [-0.2, -0.15) is 0 Å². The number of hydrogen-bond donors (Lipinski definition) is 2. The maximum Gasteiger partial charge on any atom is 0.136 e. The monoisotopic (exact) mass is 734 g/mol. The standard InChI is InChI=1S/C51H34N4O2/c1-3-12-31(13-4-1)49-52-50(32-14-5-2-6-15-32)54-51(53-49)34-23-26-40-47(29-34)57-45-21-11-18-36(48(40)45)33-22-25-39-41-30-35(24-27-44(41)56-46(39)28-33)55-42-19-9-7-16-37(42)38-17-8-10-20-43(38)55/h1-30,49-50,52H,(H,53,54). The van der Waals surface area contributed by atoms with Gasteiger partial charge in [0.05, 0.1) is 11.0 Å². The summed E-state index contributed by atoms with van der Waals surface area (Å²) in [4.78, 5) is 5.16. The average molecular weight is 735 g/mol. The number of benzene rings is 8. The van der Waals surface area contributed by atoms with Crippen molar-refractivity contribution < 1.29 is 8.83 Å². The van der Waals surface area contributed by atoms with E-state index in [1.807, 2.05) is 18.2 Å². The highest BCUT2D eigenvalue weighted by atomic mass is 16.3. The van der Waals surface area contributed by atoms with Gasteiger partial charge in [-0.1, -0.05) is 121 Å². The van der Waals surface area contributed by atoms with E-state index >= 15 is 0 Å². The van der Waals surface area contributed by atoms with E-state index < -0.39 is 0 Å². The zero-order valence-electron chi connectivity index (χ0n) is 30.7. The smallest absolute Gasteiger partial charge is 0.136 e. The lowest BCUT2D eigenvalue weighted by atomic mass is 9.98. The lowest BCUT2D eigenvalue weighted by Crippen LogP contribution is -2.44. The lowest BCUT2D eigenvalue weighted by Gasteiger charge is -2.32. The molecule has 0 fully saturated rings. The first-order chi connectivity index (χ1) is 28.2. The molecule has 0 aliphatic carbocycles. The van der Waals surface area contributed by atoms with Crippen molar-refractivity contribution in [3.05, 3.63) is 199 Å². The zero-order valence-corrected chi connectivity index (χ0v) is 30.7. The van der Waals surface area contributed by atoms with Crippen molar-refractivity contribution in [1.29, 1.82) is 0 Å². The normalized spacial score (nSPS) is 15.9. The number of aromatic nitrogens is 1. The maximum atomic E-state index is 6.59. The van der Waals surface area contributed by atoms with Crippen LogP contribution in [-0.4, -0.2) is 10.4 Å². The second-order valence-electron chi connectivity index (χ2n) is 14.8. The molecule has 0 spiro atoms. The zero-order chi connectivity index (χ0) is 37.5. The molecule has 2 atom stereocenters. The van der Waals surface area contributed by atoms with Crippen LogP contribution in [0, 0.1) is 0 Å². The van der Waals surface area contributed by atoms with Crippen molar-refractivity contribution in [3.63, 3.8) is 0 Å². The summed E-state index contributed by atoms with van der Waals surface area (Å²) in [5.41, 5.74) is 12.2. The third-order valence-electron chi connectivity index (χ3n) is 11.5. The average Bonchev–Trinajstić information content (AvgIpc) is 3.95. The van der Waals surface area contributed by atoms with Crippen LogP contribution in [0.3, 0.4) is 0 Å². The Kier molecular flexibility index (Phi) is 7.03. The molecular formula is C51H34N4O2. The third kappa shape index (κ3) is 5.12. The number of nitrogens with one attached hydrogen (secondary N) is 2. The van der Waals surface area contributed by atoms with Crippen LogP contribution in [-0.2, 0) is 0 Å². The Morgan fingerprint density at radius 1 is 0.456 bits per heavy atom. The first-order valence-corrected chi connectivity index (χ1v) is 19.3. The highest BCUT2D eigenvalue weighted by molar-refractivity contribution is 6.15. The largest absolute Gasteiger partial charge is 0.456 e. The molecule has 2 N–H and O–H groups in total. The number of para-hydroxylation sites is 2. The molecule has 12 rings (SSSR count). The summed E-state index contributed by atoms with van der Waals surface area (Å²) in [7, 11) is 0. The molecule has 0 radical (unpaired) electrons. The molecular weight excluding hydrogens is 701 g/mol. The minimum atomic E-state index is -0.209. The van der Waals surface area contributed by atoms with E-state index in [9.17, 15) is 0 Å². The van der Waals surface area contributed by atoms with Crippen molar-refractivity contribution in [1.82, 2.24) is 15.2 Å². The van der Waals surface area contributed by atoms with Gasteiger partial charge in [0, 0.05) is 43.6 Å². The number of fused-ring (bicyclic) bond motifs is 9. The molecule has 0 saturated heterocycles. The van der Waals surface area contributed by atoms with E-state index in [2.05, 4.69) is 179 Å². The summed E-state index contributed by atoms with van der Waals surface area (Å²) >= 11 is 0. The van der Waals surface area contributed by atoms with Crippen molar-refractivity contribution in [2.24, 2.45) is 4.99 Å². The predicted octanol–water partition coefficient (Wildman–Crippen LogP) is 12.6. The fraction of sp³-hybridized carbons (Fsp3) is 0.0392. The minimum Gasteiger partial charge on any atom is -0.456 e. The molecule has 2 unspecified atom stereocenters. The molecule has 3 aromatic heterocycles. The van der Waals surface area contributed by atoms with Crippen LogP contribution >= 0.6 is 0 Å². The van der Waals surface area contributed by atoms with Crippen LogP contribution < -0.4 is 10.6 Å². The van der Waals surface area contributed by atoms with Gasteiger partial charge in [0.2, 0.25) is 0 Å². The first-order valence-electron chi connectivity index (χ1n) is 19.3. The van der Waals surface area contributed by atoms with Gasteiger partial charge in [-0.05, 0) is 82.9 Å². The molecule has 57 heavy (non-hydrogen) atoms. The highest BCUT2D eigenvalue weighted by Crippen LogP contribution is 2.41. The van der Waals surface area contributed by atoms with Crippen LogP contribution in [0.4, 0.5) is 0 Å². The predicted molar refractivity (Wildman–Crippen MR) is 232 cm³/mol. The Morgan fingerprint density at radius 3 is 1.89 bits per heavy atom. The lowest BCUT2D eigenvalue weighted by molar-refractivity contribution is 0.409. The molecule has 8 aromatic carbocycles. The van der Waals surface area contributed by atoms with Crippen molar-refractivity contribution >= 4 is 71.5 Å². The summed E-state index contributed by atoms with van der Waals surface area (Å²) in [6.45, 7) is 0. The van der Waals surface area contributed by atoms with E-state index in [-0.39, 0.29) is 12.3 Å². The topological polar surface area (TPSA) is 67.6 Å². The van der Waals surface area contributed by atoms with Gasteiger partial charge in [0.1, 0.15) is 40.5 Å². The van der Waals surface area contributed by atoms with Crippen LogP contribution in [0.15, 0.2) is 196 Å². The van der Waals surface area contributed by atoms with Gasteiger partial charge in [0.15, 0.2) is 0 Å². The van der Waals surface area contributed by atoms with Crippen molar-refractivity contribution in [2.75, 3.05) is 0 Å². The highest BCUT2D eigenvalue weighted by Gasteiger charge is 2.26. The number of rotatable bonds is 5. The number of furan rings is 2. The molecule has 1 aliphatic heterocycles. The molecule has 0 bridgehead atoms. The molecule has 270 valence electrons. The van der Waals surface area contributed by atoms with E-state index in [4.69, 9.17) is 13.8 Å². The summed E-state index contributed by atoms with van der Waals surface area (Å²) in [5, 5.41) is 14.1. The summed E-state index contributed by atoms with van der Waals surface area (Å²) in [6, 6.07) is 63.8. The molecule has 0 saturated carbocycles. The van der Waals surface area contributed by atoms with Gasteiger partial charge in [-0.25, -0.2) is 4.99 Å². The van der Waals surface area contributed by atoms with Gasteiger partial charge >= 0.3 is 0 Å². The minimum absolute atomic E-state index is 0.115. The number of aliphatic imine (C=N–C) groups is 1. The van der Waals surface area contributed by atoms with Crippen molar-refractivity contribution in [2.45, 2.75) is 12.3 Å². The SMILES string of the molecule is c1ccc(C2N=C(c3ccc4c(c3)oc3cccc(-c5ccc6c(c5)oc5ccc(-n7c8ccccc8c8ccccc87)cc56)c34)NC(c3ccccc3)N2)cc1. The molecule has 6 heteroatoms. The van der Waals surface area contributed by atoms with Crippen LogP contribution in [0.1, 0.15) is 29.0 Å². The van der Waals surface area contributed by atoms with Crippen LogP contribution in [0.2, 0.25) is 0 Å². The molecule has 11 aromatic rings. The Labute approximate surface area is 327 Å².